The van der Waals surface area contributed by atoms with Crippen molar-refractivity contribution in [3.63, 3.8) is 0 Å². The first-order valence-electron chi connectivity index (χ1n) is 7.20. The van der Waals surface area contributed by atoms with Gasteiger partial charge in [0.2, 0.25) is 0 Å². The van der Waals surface area contributed by atoms with Gasteiger partial charge in [0.05, 0.1) is 19.1 Å². The van der Waals surface area contributed by atoms with Crippen LogP contribution in [0.3, 0.4) is 0 Å². The molecule has 0 heterocycles. The van der Waals surface area contributed by atoms with Gasteiger partial charge < -0.3 is 9.84 Å². The monoisotopic (exact) mass is 257 g/mol. The number of nitrogens with zero attached hydrogens (tertiary/aromatic N) is 1. The molecule has 1 atom stereocenters. The van der Waals surface area contributed by atoms with Crippen LogP contribution in [0, 0.1) is 5.92 Å². The Bertz CT molecular complexity index is 239. The van der Waals surface area contributed by atoms with E-state index in [9.17, 15) is 4.79 Å². The van der Waals surface area contributed by atoms with Gasteiger partial charge in [-0.25, -0.2) is 0 Å². The standard InChI is InChI=1S/C14H27NO3/c1-3-18-14(17)12(2)11-15(9-10-16)13-7-5-4-6-8-13/h12-13,16H,3-11H2,1-2H3. The summed E-state index contributed by atoms with van der Waals surface area (Å²) in [4.78, 5) is 13.9. The zero-order chi connectivity index (χ0) is 13.4. The van der Waals surface area contributed by atoms with E-state index in [-0.39, 0.29) is 18.5 Å². The Morgan fingerprint density at radius 1 is 1.39 bits per heavy atom. The number of aliphatic hydroxyl groups excluding tert-OH is 1. The molecule has 4 nitrogen and oxygen atoms in total. The number of aliphatic hydroxyl groups is 1. The lowest BCUT2D eigenvalue weighted by Gasteiger charge is -2.35. The predicted molar refractivity (Wildman–Crippen MR) is 71.3 cm³/mol. The van der Waals surface area contributed by atoms with Crippen molar-refractivity contribution >= 4 is 5.97 Å². The largest absolute Gasteiger partial charge is 0.466 e. The average molecular weight is 257 g/mol. The zero-order valence-corrected chi connectivity index (χ0v) is 11.7. The van der Waals surface area contributed by atoms with Crippen LogP contribution in [0.4, 0.5) is 0 Å². The Kier molecular flexibility index (Phi) is 7.28. The van der Waals surface area contributed by atoms with E-state index in [2.05, 4.69) is 4.90 Å². The number of hydrogen-bond acceptors (Lipinski definition) is 4. The topological polar surface area (TPSA) is 49.8 Å². The second-order valence-electron chi connectivity index (χ2n) is 5.16. The normalized spacial score (nSPS) is 18.9. The maximum Gasteiger partial charge on any atom is 0.309 e. The Balaban J connectivity index is 2.47. The first-order valence-corrected chi connectivity index (χ1v) is 7.20. The van der Waals surface area contributed by atoms with Crippen LogP contribution in [0.2, 0.25) is 0 Å². The van der Waals surface area contributed by atoms with E-state index in [0.717, 1.165) is 0 Å². The van der Waals surface area contributed by atoms with Crippen LogP contribution in [-0.4, -0.2) is 48.3 Å². The molecule has 1 rings (SSSR count). The van der Waals surface area contributed by atoms with Crippen molar-refractivity contribution in [1.29, 1.82) is 0 Å². The minimum atomic E-state index is -0.128. The number of carbonyl (C=O) groups excluding carboxylic acids is 1. The average Bonchev–Trinajstić information content (AvgIpc) is 2.39. The van der Waals surface area contributed by atoms with E-state index in [1.54, 1.807) is 0 Å². The van der Waals surface area contributed by atoms with Crippen molar-refractivity contribution in [3.8, 4) is 0 Å². The quantitative estimate of drug-likeness (QED) is 0.707. The second-order valence-corrected chi connectivity index (χ2v) is 5.16. The van der Waals surface area contributed by atoms with Crippen LogP contribution in [-0.2, 0) is 9.53 Å². The Morgan fingerprint density at radius 2 is 2.06 bits per heavy atom. The molecule has 1 aliphatic carbocycles. The molecule has 1 N–H and O–H groups in total. The van der Waals surface area contributed by atoms with Gasteiger partial charge in [0.15, 0.2) is 0 Å². The summed E-state index contributed by atoms with van der Waals surface area (Å²) >= 11 is 0. The summed E-state index contributed by atoms with van der Waals surface area (Å²) in [7, 11) is 0. The van der Waals surface area contributed by atoms with Gasteiger partial charge in [-0.3, -0.25) is 9.69 Å². The molecule has 0 aromatic rings. The molecule has 0 spiro atoms. The molecule has 4 heteroatoms. The smallest absolute Gasteiger partial charge is 0.309 e. The highest BCUT2D eigenvalue weighted by atomic mass is 16.5. The van der Waals surface area contributed by atoms with E-state index in [4.69, 9.17) is 9.84 Å². The van der Waals surface area contributed by atoms with Crippen LogP contribution in [0.1, 0.15) is 46.0 Å². The van der Waals surface area contributed by atoms with E-state index in [1.807, 2.05) is 13.8 Å². The van der Waals surface area contributed by atoms with Gasteiger partial charge in [0, 0.05) is 19.1 Å². The van der Waals surface area contributed by atoms with Gasteiger partial charge >= 0.3 is 5.97 Å². The predicted octanol–water partition coefficient (Wildman–Crippen LogP) is 1.81. The third-order valence-electron chi connectivity index (χ3n) is 3.68. The molecule has 1 saturated carbocycles. The minimum Gasteiger partial charge on any atom is -0.466 e. The molecule has 0 bridgehead atoms. The van der Waals surface area contributed by atoms with Gasteiger partial charge in [-0.1, -0.05) is 26.2 Å². The Hall–Kier alpha value is -0.610. The summed E-state index contributed by atoms with van der Waals surface area (Å²) in [5.41, 5.74) is 0. The SMILES string of the molecule is CCOC(=O)C(C)CN(CCO)C1CCCCC1. The van der Waals surface area contributed by atoms with Gasteiger partial charge in [-0.15, -0.1) is 0 Å². The van der Waals surface area contributed by atoms with Crippen LogP contribution in [0.5, 0.6) is 0 Å². The number of esters is 1. The molecule has 1 aliphatic rings. The highest BCUT2D eigenvalue weighted by molar-refractivity contribution is 5.72. The molecule has 0 aliphatic heterocycles. The molecule has 0 aromatic carbocycles. The fourth-order valence-corrected chi connectivity index (χ4v) is 2.71. The highest BCUT2D eigenvalue weighted by Gasteiger charge is 2.25. The fourth-order valence-electron chi connectivity index (χ4n) is 2.71. The van der Waals surface area contributed by atoms with E-state index in [1.165, 1.54) is 32.1 Å². The summed E-state index contributed by atoms with van der Waals surface area (Å²) < 4.78 is 5.04. The number of ether oxygens (including phenoxy) is 1. The lowest BCUT2D eigenvalue weighted by Crippen LogP contribution is -2.42. The van der Waals surface area contributed by atoms with E-state index in [0.29, 0.717) is 25.7 Å². The van der Waals surface area contributed by atoms with Crippen molar-refractivity contribution in [2.75, 3.05) is 26.3 Å². The van der Waals surface area contributed by atoms with Crippen LogP contribution in [0.15, 0.2) is 0 Å². The second kappa shape index (κ2) is 8.48. The number of carbonyl (C=O) groups is 1. The van der Waals surface area contributed by atoms with Crippen LogP contribution in [0.25, 0.3) is 0 Å². The van der Waals surface area contributed by atoms with Crippen molar-refractivity contribution in [2.24, 2.45) is 5.92 Å². The van der Waals surface area contributed by atoms with Crippen molar-refractivity contribution < 1.29 is 14.6 Å². The molecule has 106 valence electrons. The molecular formula is C14H27NO3. The number of rotatable bonds is 7. The first-order chi connectivity index (χ1) is 8.69. The van der Waals surface area contributed by atoms with Crippen LogP contribution < -0.4 is 0 Å². The lowest BCUT2D eigenvalue weighted by atomic mass is 9.93. The third-order valence-corrected chi connectivity index (χ3v) is 3.68. The highest BCUT2D eigenvalue weighted by Crippen LogP contribution is 2.23. The van der Waals surface area contributed by atoms with E-state index >= 15 is 0 Å². The Labute approximate surface area is 110 Å². The first kappa shape index (κ1) is 15.4. The summed E-state index contributed by atoms with van der Waals surface area (Å²) in [5, 5.41) is 9.16. The van der Waals surface area contributed by atoms with Gasteiger partial charge in [0.25, 0.3) is 0 Å². The molecule has 18 heavy (non-hydrogen) atoms. The summed E-state index contributed by atoms with van der Waals surface area (Å²) in [6.45, 7) is 5.69. The van der Waals surface area contributed by atoms with Crippen molar-refractivity contribution in [2.45, 2.75) is 52.0 Å². The maximum atomic E-state index is 11.7. The van der Waals surface area contributed by atoms with Gasteiger partial charge in [-0.05, 0) is 19.8 Å². The van der Waals surface area contributed by atoms with Crippen molar-refractivity contribution in [3.05, 3.63) is 0 Å². The van der Waals surface area contributed by atoms with Gasteiger partial charge in [-0.2, -0.15) is 0 Å². The molecule has 1 unspecified atom stereocenters. The molecule has 0 radical (unpaired) electrons. The molecule has 0 aromatic heterocycles. The summed E-state index contributed by atoms with van der Waals surface area (Å²) in [5.74, 6) is -0.241. The fraction of sp³-hybridized carbons (Fsp3) is 0.929. The lowest BCUT2D eigenvalue weighted by molar-refractivity contribution is -0.148. The molecular weight excluding hydrogens is 230 g/mol. The van der Waals surface area contributed by atoms with Crippen molar-refractivity contribution in [1.82, 2.24) is 4.90 Å². The van der Waals surface area contributed by atoms with Crippen LogP contribution >= 0.6 is 0 Å². The zero-order valence-electron chi connectivity index (χ0n) is 11.7. The third kappa shape index (κ3) is 4.94. The summed E-state index contributed by atoms with van der Waals surface area (Å²) in [6, 6.07) is 0.530. The van der Waals surface area contributed by atoms with Gasteiger partial charge in [0.1, 0.15) is 0 Å². The molecule has 0 saturated heterocycles. The minimum absolute atomic E-state index is 0.113. The summed E-state index contributed by atoms with van der Waals surface area (Å²) in [6.07, 6.45) is 6.22. The molecule has 0 amide bonds. The maximum absolute atomic E-state index is 11.7. The molecule has 1 fully saturated rings. The van der Waals surface area contributed by atoms with E-state index < -0.39 is 0 Å². The number of hydrogen-bond donors (Lipinski definition) is 1. The Morgan fingerprint density at radius 3 is 2.61 bits per heavy atom.